The monoisotopic (exact) mass is 392 g/mol. The Morgan fingerprint density at radius 1 is 0.897 bits per heavy atom. The van der Waals surface area contributed by atoms with Crippen molar-refractivity contribution in [2.45, 2.75) is 6.54 Å². The molecule has 8 heteroatoms. The number of nitrogens with one attached hydrogen (secondary N) is 2. The number of benzene rings is 1. The number of pyridine rings is 2. The van der Waals surface area contributed by atoms with Crippen LogP contribution in [0, 0.1) is 0 Å². The van der Waals surface area contributed by atoms with Crippen LogP contribution in [0.2, 0.25) is 0 Å². The van der Waals surface area contributed by atoms with E-state index in [1.807, 2.05) is 12.1 Å². The molecule has 0 radical (unpaired) electrons. The molecule has 8 nitrogen and oxygen atoms in total. The molecule has 2 aromatic heterocycles. The molecule has 0 fully saturated rings. The maximum atomic E-state index is 12.5. The minimum Gasteiger partial charge on any atom is -0.493 e. The lowest BCUT2D eigenvalue weighted by atomic mass is 10.2. The van der Waals surface area contributed by atoms with E-state index in [2.05, 4.69) is 20.6 Å². The number of carbonyl (C=O) groups excluding carboxylic acids is 2. The Morgan fingerprint density at radius 2 is 1.72 bits per heavy atom. The fourth-order valence-corrected chi connectivity index (χ4v) is 2.58. The molecule has 0 bridgehead atoms. The predicted molar refractivity (Wildman–Crippen MR) is 107 cm³/mol. The second kappa shape index (κ2) is 9.32. The van der Waals surface area contributed by atoms with E-state index in [9.17, 15) is 9.59 Å². The lowest BCUT2D eigenvalue weighted by Crippen LogP contribution is -2.24. The average Bonchev–Trinajstić information content (AvgIpc) is 2.78. The number of aromatic nitrogens is 2. The summed E-state index contributed by atoms with van der Waals surface area (Å²) in [6.45, 7) is 0.287. The van der Waals surface area contributed by atoms with Gasteiger partial charge in [-0.3, -0.25) is 19.6 Å². The number of carbonyl (C=O) groups is 2. The topological polar surface area (TPSA) is 102 Å². The van der Waals surface area contributed by atoms with E-state index in [0.717, 1.165) is 5.69 Å². The Bertz CT molecular complexity index is 1010. The van der Waals surface area contributed by atoms with Gasteiger partial charge in [-0.25, -0.2) is 0 Å². The summed E-state index contributed by atoms with van der Waals surface area (Å²) in [6, 6.07) is 13.4. The Morgan fingerprint density at radius 3 is 2.45 bits per heavy atom. The molecule has 0 atom stereocenters. The summed E-state index contributed by atoms with van der Waals surface area (Å²) in [6.07, 6.45) is 3.07. The Hall–Kier alpha value is -3.94. The van der Waals surface area contributed by atoms with Crippen LogP contribution < -0.4 is 20.1 Å². The number of amides is 2. The van der Waals surface area contributed by atoms with Gasteiger partial charge in [-0.15, -0.1) is 0 Å². The van der Waals surface area contributed by atoms with E-state index in [4.69, 9.17) is 9.47 Å². The quantitative estimate of drug-likeness (QED) is 0.641. The first-order chi connectivity index (χ1) is 14.1. The lowest BCUT2D eigenvalue weighted by molar-refractivity contribution is 0.0950. The Labute approximate surface area is 167 Å². The molecule has 148 valence electrons. The highest BCUT2D eigenvalue weighted by atomic mass is 16.5. The smallest absolute Gasteiger partial charge is 0.274 e. The highest BCUT2D eigenvalue weighted by Gasteiger charge is 2.13. The molecule has 0 spiro atoms. The van der Waals surface area contributed by atoms with Crippen molar-refractivity contribution < 1.29 is 19.1 Å². The summed E-state index contributed by atoms with van der Waals surface area (Å²) in [5.74, 6) is 0.269. The van der Waals surface area contributed by atoms with Crippen molar-refractivity contribution in [2.75, 3.05) is 19.5 Å². The number of hydrogen-bond donors (Lipinski definition) is 2. The minimum atomic E-state index is -0.448. The summed E-state index contributed by atoms with van der Waals surface area (Å²) in [4.78, 5) is 33.1. The molecule has 0 aliphatic heterocycles. The number of anilines is 1. The Balaban J connectivity index is 1.68. The summed E-state index contributed by atoms with van der Waals surface area (Å²) >= 11 is 0. The van der Waals surface area contributed by atoms with Gasteiger partial charge in [0.15, 0.2) is 11.5 Å². The van der Waals surface area contributed by atoms with E-state index in [1.165, 1.54) is 26.5 Å². The third-order valence-corrected chi connectivity index (χ3v) is 4.05. The van der Waals surface area contributed by atoms with Crippen LogP contribution in [-0.4, -0.2) is 36.0 Å². The van der Waals surface area contributed by atoms with Crippen LogP contribution in [0.1, 0.15) is 26.5 Å². The molecule has 2 heterocycles. The Kier molecular flexibility index (Phi) is 6.36. The van der Waals surface area contributed by atoms with Crippen molar-refractivity contribution in [3.8, 4) is 11.5 Å². The van der Waals surface area contributed by atoms with Gasteiger partial charge in [-0.2, -0.15) is 0 Å². The largest absolute Gasteiger partial charge is 0.493 e. The maximum Gasteiger partial charge on any atom is 0.274 e. The van der Waals surface area contributed by atoms with E-state index < -0.39 is 5.91 Å². The van der Waals surface area contributed by atoms with Crippen LogP contribution in [0.25, 0.3) is 0 Å². The molecule has 0 aliphatic carbocycles. The fraction of sp³-hybridized carbons (Fsp3) is 0.143. The van der Waals surface area contributed by atoms with Gasteiger partial charge < -0.3 is 20.1 Å². The van der Waals surface area contributed by atoms with E-state index in [0.29, 0.717) is 22.7 Å². The second-order valence-electron chi connectivity index (χ2n) is 5.96. The second-order valence-corrected chi connectivity index (χ2v) is 5.96. The summed E-state index contributed by atoms with van der Waals surface area (Å²) in [5.41, 5.74) is 1.69. The molecule has 0 saturated carbocycles. The van der Waals surface area contributed by atoms with Gasteiger partial charge in [0.25, 0.3) is 11.8 Å². The molecular formula is C21H20N4O4. The molecule has 0 saturated heterocycles. The van der Waals surface area contributed by atoms with Crippen LogP contribution in [0.3, 0.4) is 0 Å². The first kappa shape index (κ1) is 19.8. The van der Waals surface area contributed by atoms with Crippen LogP contribution in [0.5, 0.6) is 11.5 Å². The van der Waals surface area contributed by atoms with Crippen molar-refractivity contribution in [3.05, 3.63) is 77.9 Å². The standard InChI is InChI=1S/C21H20N4O4/c1-28-18-7-6-15(12-19(18)29-2)25-21(27)17-11-14(8-10-23-17)20(26)24-13-16-5-3-4-9-22-16/h3-12H,13H2,1-2H3,(H,24,26)(H,25,27). The maximum absolute atomic E-state index is 12.5. The van der Waals surface area contributed by atoms with Gasteiger partial charge in [-0.1, -0.05) is 6.07 Å². The van der Waals surface area contributed by atoms with Gasteiger partial charge in [-0.05, 0) is 36.4 Å². The fourth-order valence-electron chi connectivity index (χ4n) is 2.58. The number of nitrogens with zero attached hydrogens (tertiary/aromatic N) is 2. The zero-order valence-corrected chi connectivity index (χ0v) is 16.0. The molecular weight excluding hydrogens is 372 g/mol. The zero-order chi connectivity index (χ0) is 20.6. The molecule has 3 rings (SSSR count). The highest BCUT2D eigenvalue weighted by molar-refractivity contribution is 6.04. The predicted octanol–water partition coefficient (Wildman–Crippen LogP) is 2.68. The minimum absolute atomic E-state index is 0.116. The van der Waals surface area contributed by atoms with E-state index >= 15 is 0 Å². The number of hydrogen-bond acceptors (Lipinski definition) is 6. The van der Waals surface area contributed by atoms with Crippen LogP contribution in [0.4, 0.5) is 5.69 Å². The molecule has 2 amide bonds. The molecule has 0 unspecified atom stereocenters. The first-order valence-electron chi connectivity index (χ1n) is 8.78. The third-order valence-electron chi connectivity index (χ3n) is 4.05. The van der Waals surface area contributed by atoms with Crippen molar-refractivity contribution in [2.24, 2.45) is 0 Å². The van der Waals surface area contributed by atoms with Crippen LogP contribution >= 0.6 is 0 Å². The van der Waals surface area contributed by atoms with Crippen molar-refractivity contribution in [1.29, 1.82) is 0 Å². The highest BCUT2D eigenvalue weighted by Crippen LogP contribution is 2.29. The molecule has 0 aliphatic rings. The summed E-state index contributed by atoms with van der Waals surface area (Å²) in [5, 5.41) is 5.50. The number of rotatable bonds is 7. The zero-order valence-electron chi connectivity index (χ0n) is 16.0. The van der Waals surface area contributed by atoms with Gasteiger partial charge in [0.1, 0.15) is 5.69 Å². The molecule has 3 aromatic rings. The number of ether oxygens (including phenoxy) is 2. The van der Waals surface area contributed by atoms with Gasteiger partial charge in [0, 0.05) is 29.7 Å². The summed E-state index contributed by atoms with van der Waals surface area (Å²) < 4.78 is 10.4. The summed E-state index contributed by atoms with van der Waals surface area (Å²) in [7, 11) is 3.04. The molecule has 29 heavy (non-hydrogen) atoms. The van der Waals surface area contributed by atoms with Gasteiger partial charge >= 0.3 is 0 Å². The van der Waals surface area contributed by atoms with E-state index in [1.54, 1.807) is 36.5 Å². The van der Waals surface area contributed by atoms with Crippen molar-refractivity contribution in [1.82, 2.24) is 15.3 Å². The number of methoxy groups -OCH3 is 2. The van der Waals surface area contributed by atoms with Crippen molar-refractivity contribution in [3.63, 3.8) is 0 Å². The molecule has 2 N–H and O–H groups in total. The van der Waals surface area contributed by atoms with Gasteiger partial charge in [0.2, 0.25) is 0 Å². The average molecular weight is 392 g/mol. The lowest BCUT2D eigenvalue weighted by Gasteiger charge is -2.11. The van der Waals surface area contributed by atoms with Crippen LogP contribution in [0.15, 0.2) is 60.9 Å². The normalized spacial score (nSPS) is 10.1. The van der Waals surface area contributed by atoms with Crippen LogP contribution in [-0.2, 0) is 6.54 Å². The SMILES string of the molecule is COc1ccc(NC(=O)c2cc(C(=O)NCc3ccccn3)ccn2)cc1OC. The van der Waals surface area contributed by atoms with E-state index in [-0.39, 0.29) is 18.1 Å². The van der Waals surface area contributed by atoms with Gasteiger partial charge in [0.05, 0.1) is 26.5 Å². The first-order valence-corrected chi connectivity index (χ1v) is 8.78. The van der Waals surface area contributed by atoms with Crippen molar-refractivity contribution >= 4 is 17.5 Å². The third kappa shape index (κ3) is 5.07. The molecule has 1 aromatic carbocycles.